The molecule has 126 valence electrons. The fourth-order valence-electron chi connectivity index (χ4n) is 2.99. The molecular formula is C17H25N3O2S. The molecule has 6 heteroatoms. The number of hydrogen-bond acceptors (Lipinski definition) is 3. The molecule has 0 spiro atoms. The normalized spacial score (nSPS) is 14.4. The number of nitrogens with one attached hydrogen (secondary N) is 3. The third-order valence-electron chi connectivity index (χ3n) is 3.96. The van der Waals surface area contributed by atoms with Crippen molar-refractivity contribution in [2.24, 2.45) is 0 Å². The number of rotatable bonds is 4. The highest BCUT2D eigenvalue weighted by molar-refractivity contribution is 7.80. The van der Waals surface area contributed by atoms with Crippen LogP contribution in [-0.2, 0) is 4.79 Å². The van der Waals surface area contributed by atoms with Gasteiger partial charge in [-0.05, 0) is 57.0 Å². The maximum absolute atomic E-state index is 11.9. The van der Waals surface area contributed by atoms with E-state index in [1.54, 1.807) is 0 Å². The summed E-state index contributed by atoms with van der Waals surface area (Å²) < 4.78 is 5.63. The zero-order valence-corrected chi connectivity index (χ0v) is 14.8. The van der Waals surface area contributed by atoms with Gasteiger partial charge in [0.05, 0.1) is 0 Å². The summed E-state index contributed by atoms with van der Waals surface area (Å²) in [6, 6.07) is 4.50. The van der Waals surface area contributed by atoms with E-state index in [0.717, 1.165) is 29.7 Å². The molecule has 1 aliphatic rings. The zero-order valence-electron chi connectivity index (χ0n) is 14.0. The first kappa shape index (κ1) is 17.5. The van der Waals surface area contributed by atoms with E-state index < -0.39 is 0 Å². The first-order chi connectivity index (χ1) is 11.0. The van der Waals surface area contributed by atoms with Gasteiger partial charge in [-0.15, -0.1) is 0 Å². The maximum atomic E-state index is 11.9. The predicted molar refractivity (Wildman–Crippen MR) is 95.4 cm³/mol. The molecule has 0 aliphatic heterocycles. The number of carbonyl (C=O) groups excluding carboxylic acids is 1. The first-order valence-electron chi connectivity index (χ1n) is 8.01. The van der Waals surface area contributed by atoms with E-state index in [0.29, 0.717) is 11.2 Å². The van der Waals surface area contributed by atoms with Gasteiger partial charge in [-0.3, -0.25) is 15.6 Å². The van der Waals surface area contributed by atoms with Crippen molar-refractivity contribution in [1.82, 2.24) is 16.2 Å². The molecule has 23 heavy (non-hydrogen) atoms. The van der Waals surface area contributed by atoms with Crippen LogP contribution in [-0.4, -0.2) is 23.7 Å². The van der Waals surface area contributed by atoms with Crippen LogP contribution < -0.4 is 20.9 Å². The van der Waals surface area contributed by atoms with Gasteiger partial charge in [-0.25, -0.2) is 0 Å². The van der Waals surface area contributed by atoms with Gasteiger partial charge in [-0.1, -0.05) is 30.5 Å². The van der Waals surface area contributed by atoms with E-state index >= 15 is 0 Å². The van der Waals surface area contributed by atoms with Crippen LogP contribution in [0, 0.1) is 20.8 Å². The minimum Gasteiger partial charge on any atom is -0.483 e. The van der Waals surface area contributed by atoms with E-state index in [-0.39, 0.29) is 12.5 Å². The summed E-state index contributed by atoms with van der Waals surface area (Å²) >= 11 is 5.16. The predicted octanol–water partition coefficient (Wildman–Crippen LogP) is 2.43. The number of hydrogen-bond donors (Lipinski definition) is 3. The Kier molecular flexibility index (Phi) is 6.21. The highest BCUT2D eigenvalue weighted by Gasteiger charge is 2.15. The Hall–Kier alpha value is -1.82. The van der Waals surface area contributed by atoms with E-state index in [9.17, 15) is 4.79 Å². The molecule has 1 aromatic carbocycles. The largest absolute Gasteiger partial charge is 0.483 e. The molecule has 1 fully saturated rings. The molecule has 0 unspecified atom stereocenters. The quantitative estimate of drug-likeness (QED) is 0.583. The molecule has 1 aromatic rings. The van der Waals surface area contributed by atoms with Crippen molar-refractivity contribution >= 4 is 23.2 Å². The zero-order chi connectivity index (χ0) is 16.8. The second-order valence-corrected chi connectivity index (χ2v) is 6.55. The summed E-state index contributed by atoms with van der Waals surface area (Å²) in [7, 11) is 0. The molecular weight excluding hydrogens is 310 g/mol. The van der Waals surface area contributed by atoms with Gasteiger partial charge in [0.2, 0.25) is 0 Å². The van der Waals surface area contributed by atoms with Gasteiger partial charge in [-0.2, -0.15) is 0 Å². The molecule has 1 amide bonds. The Morgan fingerprint density at radius 3 is 2.39 bits per heavy atom. The summed E-state index contributed by atoms with van der Waals surface area (Å²) in [5, 5.41) is 3.65. The SMILES string of the molecule is Cc1cc(C)c(OCC(=O)NNC(=S)NC2CCCC2)c(C)c1. The number of hydrazine groups is 1. The number of benzene rings is 1. The van der Waals surface area contributed by atoms with Gasteiger partial charge >= 0.3 is 0 Å². The Morgan fingerprint density at radius 2 is 1.78 bits per heavy atom. The Morgan fingerprint density at radius 1 is 1.17 bits per heavy atom. The monoisotopic (exact) mass is 335 g/mol. The molecule has 0 aromatic heterocycles. The number of ether oxygens (including phenoxy) is 1. The molecule has 3 N–H and O–H groups in total. The second kappa shape index (κ2) is 8.15. The third-order valence-corrected chi connectivity index (χ3v) is 4.18. The van der Waals surface area contributed by atoms with Crippen molar-refractivity contribution in [1.29, 1.82) is 0 Å². The fourth-order valence-corrected chi connectivity index (χ4v) is 3.20. The first-order valence-corrected chi connectivity index (χ1v) is 8.42. The van der Waals surface area contributed by atoms with Gasteiger partial charge in [0.1, 0.15) is 5.75 Å². The fraction of sp³-hybridized carbons (Fsp3) is 0.529. The summed E-state index contributed by atoms with van der Waals surface area (Å²) in [6.07, 6.45) is 4.72. The lowest BCUT2D eigenvalue weighted by Gasteiger charge is -2.17. The lowest BCUT2D eigenvalue weighted by Crippen LogP contribution is -2.50. The number of aryl methyl sites for hydroxylation is 3. The molecule has 0 bridgehead atoms. The summed E-state index contributed by atoms with van der Waals surface area (Å²) in [6.45, 7) is 5.95. The van der Waals surface area contributed by atoms with Crippen LogP contribution in [0.5, 0.6) is 5.75 Å². The van der Waals surface area contributed by atoms with Crippen molar-refractivity contribution in [3.63, 3.8) is 0 Å². The molecule has 0 atom stereocenters. The lowest BCUT2D eigenvalue weighted by atomic mass is 10.1. The molecule has 0 radical (unpaired) electrons. The van der Waals surface area contributed by atoms with Crippen LogP contribution >= 0.6 is 12.2 Å². The van der Waals surface area contributed by atoms with Gasteiger partial charge < -0.3 is 10.1 Å². The highest BCUT2D eigenvalue weighted by atomic mass is 32.1. The molecule has 2 rings (SSSR count). The molecule has 0 heterocycles. The van der Waals surface area contributed by atoms with Gasteiger partial charge in [0.25, 0.3) is 5.91 Å². The van der Waals surface area contributed by atoms with Crippen LogP contribution in [0.3, 0.4) is 0 Å². The van der Waals surface area contributed by atoms with Crippen molar-refractivity contribution < 1.29 is 9.53 Å². The van der Waals surface area contributed by atoms with E-state index in [4.69, 9.17) is 17.0 Å². The van der Waals surface area contributed by atoms with Crippen LogP contribution in [0.25, 0.3) is 0 Å². The van der Waals surface area contributed by atoms with Crippen molar-refractivity contribution in [3.05, 3.63) is 28.8 Å². The van der Waals surface area contributed by atoms with Crippen LogP contribution in [0.15, 0.2) is 12.1 Å². The minimum atomic E-state index is -0.264. The second-order valence-electron chi connectivity index (χ2n) is 6.14. The Labute approximate surface area is 143 Å². The van der Waals surface area contributed by atoms with E-state index in [1.807, 2.05) is 32.9 Å². The topological polar surface area (TPSA) is 62.4 Å². The van der Waals surface area contributed by atoms with Crippen molar-refractivity contribution in [2.45, 2.75) is 52.5 Å². The Bertz CT molecular complexity index is 560. The van der Waals surface area contributed by atoms with Gasteiger partial charge in [0, 0.05) is 6.04 Å². The van der Waals surface area contributed by atoms with Crippen LogP contribution in [0.2, 0.25) is 0 Å². The Balaban J connectivity index is 1.73. The van der Waals surface area contributed by atoms with Crippen LogP contribution in [0.1, 0.15) is 42.4 Å². The minimum absolute atomic E-state index is 0.0518. The molecule has 0 saturated heterocycles. The number of thiocarbonyl (C=S) groups is 1. The van der Waals surface area contributed by atoms with E-state index in [2.05, 4.69) is 16.2 Å². The summed E-state index contributed by atoms with van der Waals surface area (Å²) in [5.41, 5.74) is 8.52. The molecule has 5 nitrogen and oxygen atoms in total. The number of amides is 1. The maximum Gasteiger partial charge on any atom is 0.276 e. The van der Waals surface area contributed by atoms with Crippen LogP contribution in [0.4, 0.5) is 0 Å². The third kappa shape index (κ3) is 5.39. The average Bonchev–Trinajstić information content (AvgIpc) is 2.96. The van der Waals surface area contributed by atoms with E-state index in [1.165, 1.54) is 18.4 Å². The van der Waals surface area contributed by atoms with Gasteiger partial charge in [0.15, 0.2) is 11.7 Å². The summed E-state index contributed by atoms with van der Waals surface area (Å²) in [4.78, 5) is 11.9. The molecule has 1 saturated carbocycles. The number of carbonyl (C=O) groups is 1. The highest BCUT2D eigenvalue weighted by Crippen LogP contribution is 2.24. The van der Waals surface area contributed by atoms with Crippen molar-refractivity contribution in [2.75, 3.05) is 6.61 Å². The lowest BCUT2D eigenvalue weighted by molar-refractivity contribution is -0.123. The summed E-state index contributed by atoms with van der Waals surface area (Å²) in [5.74, 6) is 0.498. The smallest absolute Gasteiger partial charge is 0.276 e. The van der Waals surface area contributed by atoms with Crippen molar-refractivity contribution in [3.8, 4) is 5.75 Å². The molecule has 1 aliphatic carbocycles. The standard InChI is InChI=1S/C17H25N3O2S/c1-11-8-12(2)16(13(3)9-11)22-10-15(21)19-20-17(23)18-14-6-4-5-7-14/h8-9,14H,4-7,10H2,1-3H3,(H,19,21)(H2,18,20,23). The average molecular weight is 335 g/mol.